The number of benzene rings is 2. The minimum absolute atomic E-state index is 0.0716. The number of aryl methyl sites for hydroxylation is 3. The van der Waals surface area contributed by atoms with Gasteiger partial charge in [-0.25, -0.2) is 0 Å². The molecular weight excluding hydrogens is 396 g/mol. The molecule has 2 aromatic carbocycles. The number of nitrogens with one attached hydrogen (secondary N) is 2. The van der Waals surface area contributed by atoms with Crippen LogP contribution in [0.1, 0.15) is 23.1 Å². The van der Waals surface area contributed by atoms with Gasteiger partial charge >= 0.3 is 0 Å². The highest BCUT2D eigenvalue weighted by Gasteiger charge is 2.08. The molecule has 26 heavy (non-hydrogen) atoms. The average molecular weight is 419 g/mol. The SMILES string of the molecule is Cc1ccc(C)c(OCCC(=O)NCC(=O)Nc2ccc(Br)cc2C)c1. The van der Waals surface area contributed by atoms with Crippen LogP contribution in [0, 0.1) is 20.8 Å². The summed E-state index contributed by atoms with van der Waals surface area (Å²) in [6, 6.07) is 11.5. The van der Waals surface area contributed by atoms with Gasteiger partial charge in [0.15, 0.2) is 0 Å². The first kappa shape index (κ1) is 20.0. The first-order valence-electron chi connectivity index (χ1n) is 8.38. The van der Waals surface area contributed by atoms with Gasteiger partial charge in [-0.2, -0.15) is 0 Å². The van der Waals surface area contributed by atoms with E-state index in [9.17, 15) is 9.59 Å². The molecule has 0 spiro atoms. The lowest BCUT2D eigenvalue weighted by atomic mass is 10.1. The van der Waals surface area contributed by atoms with Crippen LogP contribution < -0.4 is 15.4 Å². The summed E-state index contributed by atoms with van der Waals surface area (Å²) in [5.41, 5.74) is 3.81. The predicted molar refractivity (Wildman–Crippen MR) is 107 cm³/mol. The van der Waals surface area contributed by atoms with Crippen LogP contribution >= 0.6 is 15.9 Å². The topological polar surface area (TPSA) is 67.4 Å². The van der Waals surface area contributed by atoms with Crippen molar-refractivity contribution >= 4 is 33.4 Å². The van der Waals surface area contributed by atoms with Crippen molar-refractivity contribution in [3.05, 3.63) is 57.6 Å². The van der Waals surface area contributed by atoms with Gasteiger partial charge in [0, 0.05) is 10.2 Å². The molecule has 5 nitrogen and oxygen atoms in total. The molecule has 0 aliphatic heterocycles. The molecule has 0 bridgehead atoms. The maximum atomic E-state index is 12.0. The Labute approximate surface area is 162 Å². The molecule has 0 fully saturated rings. The number of carbonyl (C=O) groups excluding carboxylic acids is 2. The van der Waals surface area contributed by atoms with Crippen LogP contribution in [-0.4, -0.2) is 25.0 Å². The number of hydrogen-bond acceptors (Lipinski definition) is 3. The number of anilines is 1. The van der Waals surface area contributed by atoms with Gasteiger partial charge in [0.25, 0.3) is 0 Å². The van der Waals surface area contributed by atoms with Crippen molar-refractivity contribution in [2.24, 2.45) is 0 Å². The highest BCUT2D eigenvalue weighted by molar-refractivity contribution is 9.10. The summed E-state index contributed by atoms with van der Waals surface area (Å²) in [5.74, 6) is 0.290. The van der Waals surface area contributed by atoms with E-state index in [1.807, 2.05) is 57.2 Å². The zero-order valence-corrected chi connectivity index (χ0v) is 16.8. The van der Waals surface area contributed by atoms with E-state index in [4.69, 9.17) is 4.74 Å². The van der Waals surface area contributed by atoms with Gasteiger partial charge in [-0.15, -0.1) is 0 Å². The molecule has 0 atom stereocenters. The maximum Gasteiger partial charge on any atom is 0.243 e. The quantitative estimate of drug-likeness (QED) is 0.716. The van der Waals surface area contributed by atoms with Crippen LogP contribution in [0.2, 0.25) is 0 Å². The fourth-order valence-corrected chi connectivity index (χ4v) is 2.82. The second kappa shape index (κ2) is 9.38. The van der Waals surface area contributed by atoms with Crippen molar-refractivity contribution < 1.29 is 14.3 Å². The van der Waals surface area contributed by atoms with Crippen LogP contribution in [0.5, 0.6) is 5.75 Å². The third-order valence-corrected chi connectivity index (χ3v) is 4.33. The van der Waals surface area contributed by atoms with Gasteiger partial charge in [-0.3, -0.25) is 9.59 Å². The van der Waals surface area contributed by atoms with Gasteiger partial charge in [-0.1, -0.05) is 28.1 Å². The van der Waals surface area contributed by atoms with Crippen molar-refractivity contribution in [1.82, 2.24) is 5.32 Å². The number of halogens is 1. The summed E-state index contributed by atoms with van der Waals surface area (Å²) in [6.45, 7) is 6.05. The fourth-order valence-electron chi connectivity index (χ4n) is 2.35. The molecule has 0 radical (unpaired) electrons. The third kappa shape index (κ3) is 6.19. The molecule has 138 valence electrons. The van der Waals surface area contributed by atoms with Crippen molar-refractivity contribution in [3.8, 4) is 5.75 Å². The van der Waals surface area contributed by atoms with Gasteiger partial charge < -0.3 is 15.4 Å². The summed E-state index contributed by atoms with van der Waals surface area (Å²) in [7, 11) is 0. The Balaban J connectivity index is 1.72. The monoisotopic (exact) mass is 418 g/mol. The molecule has 0 saturated carbocycles. The molecule has 2 rings (SSSR count). The Morgan fingerprint density at radius 2 is 1.77 bits per heavy atom. The van der Waals surface area contributed by atoms with E-state index in [-0.39, 0.29) is 31.4 Å². The zero-order valence-electron chi connectivity index (χ0n) is 15.2. The van der Waals surface area contributed by atoms with Crippen molar-refractivity contribution in [3.63, 3.8) is 0 Å². The minimum Gasteiger partial charge on any atom is -0.493 e. The van der Waals surface area contributed by atoms with Crippen molar-refractivity contribution in [2.45, 2.75) is 27.2 Å². The van der Waals surface area contributed by atoms with E-state index in [1.165, 1.54) is 0 Å². The highest BCUT2D eigenvalue weighted by Crippen LogP contribution is 2.20. The number of carbonyl (C=O) groups is 2. The lowest BCUT2D eigenvalue weighted by Crippen LogP contribution is -2.33. The van der Waals surface area contributed by atoms with Crippen LogP contribution in [0.25, 0.3) is 0 Å². The zero-order chi connectivity index (χ0) is 19.1. The maximum absolute atomic E-state index is 12.0. The van der Waals surface area contributed by atoms with Gasteiger partial charge in [0.05, 0.1) is 19.6 Å². The minimum atomic E-state index is -0.265. The lowest BCUT2D eigenvalue weighted by Gasteiger charge is -2.11. The molecule has 0 aliphatic carbocycles. The standard InChI is InChI=1S/C20H23BrN2O3/c1-13-4-5-14(2)18(10-13)26-9-8-19(24)22-12-20(25)23-17-7-6-16(21)11-15(17)3/h4-7,10-11H,8-9,12H2,1-3H3,(H,22,24)(H,23,25). The Morgan fingerprint density at radius 3 is 2.50 bits per heavy atom. The smallest absolute Gasteiger partial charge is 0.243 e. The Kier molecular flexibility index (Phi) is 7.21. The van der Waals surface area contributed by atoms with Crippen LogP contribution in [-0.2, 0) is 9.59 Å². The molecule has 2 aromatic rings. The number of hydrogen-bond donors (Lipinski definition) is 2. The molecule has 0 aromatic heterocycles. The summed E-state index contributed by atoms with van der Waals surface area (Å²) in [6.07, 6.45) is 0.192. The van der Waals surface area contributed by atoms with Gasteiger partial charge in [0.2, 0.25) is 11.8 Å². The molecule has 0 saturated heterocycles. The molecule has 6 heteroatoms. The first-order chi connectivity index (χ1) is 12.3. The highest BCUT2D eigenvalue weighted by atomic mass is 79.9. The number of amides is 2. The van der Waals surface area contributed by atoms with Crippen molar-refractivity contribution in [2.75, 3.05) is 18.5 Å². The molecule has 0 aliphatic rings. The molecule has 2 N–H and O–H groups in total. The van der Waals surface area contributed by atoms with Crippen LogP contribution in [0.4, 0.5) is 5.69 Å². The third-order valence-electron chi connectivity index (χ3n) is 3.84. The van der Waals surface area contributed by atoms with E-state index in [0.29, 0.717) is 0 Å². The molecular formula is C20H23BrN2O3. The van der Waals surface area contributed by atoms with Crippen molar-refractivity contribution in [1.29, 1.82) is 0 Å². The fraction of sp³-hybridized carbons (Fsp3) is 0.300. The van der Waals surface area contributed by atoms with Gasteiger partial charge in [0.1, 0.15) is 5.75 Å². The normalized spacial score (nSPS) is 10.3. The average Bonchev–Trinajstić information content (AvgIpc) is 2.58. The largest absolute Gasteiger partial charge is 0.493 e. The van der Waals surface area contributed by atoms with E-state index < -0.39 is 0 Å². The van der Waals surface area contributed by atoms with E-state index in [0.717, 1.165) is 32.6 Å². The number of rotatable bonds is 7. The summed E-state index contributed by atoms with van der Waals surface area (Å²) >= 11 is 3.38. The van der Waals surface area contributed by atoms with Crippen LogP contribution in [0.15, 0.2) is 40.9 Å². The lowest BCUT2D eigenvalue weighted by molar-refractivity contribution is -0.124. The van der Waals surface area contributed by atoms with E-state index >= 15 is 0 Å². The predicted octanol–water partition coefficient (Wildman–Crippen LogP) is 3.90. The van der Waals surface area contributed by atoms with Crippen LogP contribution in [0.3, 0.4) is 0 Å². The molecule has 2 amide bonds. The summed E-state index contributed by atoms with van der Waals surface area (Å²) < 4.78 is 6.60. The molecule has 0 unspecified atom stereocenters. The molecule has 0 heterocycles. The van der Waals surface area contributed by atoms with Gasteiger partial charge in [-0.05, 0) is 61.7 Å². The summed E-state index contributed by atoms with van der Waals surface area (Å²) in [5, 5.41) is 5.39. The van der Waals surface area contributed by atoms with E-state index in [2.05, 4.69) is 26.6 Å². The first-order valence-corrected chi connectivity index (χ1v) is 9.17. The van der Waals surface area contributed by atoms with E-state index in [1.54, 1.807) is 0 Å². The summed E-state index contributed by atoms with van der Waals surface area (Å²) in [4.78, 5) is 23.8. The number of ether oxygens (including phenoxy) is 1. The second-order valence-electron chi connectivity index (χ2n) is 6.15. The Bertz CT molecular complexity index is 806. The second-order valence-corrected chi connectivity index (χ2v) is 7.07. The Hall–Kier alpha value is -2.34. The Morgan fingerprint density at radius 1 is 1.00 bits per heavy atom.